The monoisotopic (exact) mass is 362 g/mol. The Morgan fingerprint density at radius 1 is 0.958 bits per heavy atom. The first-order valence-corrected chi connectivity index (χ1v) is 8.40. The first kappa shape index (κ1) is 17.0. The fourth-order valence-corrected chi connectivity index (χ4v) is 2.95. The van der Waals surface area contributed by atoms with Gasteiger partial charge in [-0.3, -0.25) is 9.59 Å². The van der Waals surface area contributed by atoms with E-state index in [0.717, 1.165) is 12.0 Å². The standard InChI is InChI=1S/C18H16Cl2N2O2/c19-13-3-1-12(2-4-13)9-10-21-16-11-17(23)22(18(16)24)15-7-5-14(20)6-8-15/h1-8,16,21H,9-11H2/t16-/m0/s1. The number of amides is 2. The van der Waals surface area contributed by atoms with Crippen molar-refractivity contribution in [1.29, 1.82) is 0 Å². The van der Waals surface area contributed by atoms with Crippen LogP contribution in [0.4, 0.5) is 5.69 Å². The number of hydrogen-bond acceptors (Lipinski definition) is 3. The van der Waals surface area contributed by atoms with E-state index in [0.29, 0.717) is 22.3 Å². The Hall–Kier alpha value is -1.88. The van der Waals surface area contributed by atoms with Crippen LogP contribution in [0.1, 0.15) is 12.0 Å². The van der Waals surface area contributed by atoms with Gasteiger partial charge >= 0.3 is 0 Å². The smallest absolute Gasteiger partial charge is 0.251 e. The molecule has 1 heterocycles. The van der Waals surface area contributed by atoms with Crippen LogP contribution in [-0.2, 0) is 16.0 Å². The molecule has 4 nitrogen and oxygen atoms in total. The van der Waals surface area contributed by atoms with Crippen molar-refractivity contribution in [3.8, 4) is 0 Å². The molecule has 0 radical (unpaired) electrons. The quantitative estimate of drug-likeness (QED) is 0.828. The van der Waals surface area contributed by atoms with Crippen LogP contribution < -0.4 is 10.2 Å². The molecule has 1 saturated heterocycles. The van der Waals surface area contributed by atoms with Crippen molar-refractivity contribution in [3.63, 3.8) is 0 Å². The number of imide groups is 1. The van der Waals surface area contributed by atoms with Crippen LogP contribution in [0.15, 0.2) is 48.5 Å². The van der Waals surface area contributed by atoms with Crippen LogP contribution in [0.2, 0.25) is 10.0 Å². The fraction of sp³-hybridized carbons (Fsp3) is 0.222. The average Bonchev–Trinajstić information content (AvgIpc) is 2.85. The molecule has 1 aliphatic heterocycles. The number of halogens is 2. The van der Waals surface area contributed by atoms with E-state index in [-0.39, 0.29) is 18.2 Å². The molecule has 0 aliphatic carbocycles. The number of hydrogen-bond donors (Lipinski definition) is 1. The van der Waals surface area contributed by atoms with E-state index in [9.17, 15) is 9.59 Å². The topological polar surface area (TPSA) is 49.4 Å². The maximum absolute atomic E-state index is 12.5. The molecule has 2 aromatic rings. The van der Waals surface area contributed by atoms with Gasteiger partial charge in [-0.2, -0.15) is 0 Å². The number of carbonyl (C=O) groups is 2. The molecule has 6 heteroatoms. The van der Waals surface area contributed by atoms with Gasteiger partial charge in [-0.25, -0.2) is 4.90 Å². The maximum Gasteiger partial charge on any atom is 0.251 e. The second kappa shape index (κ2) is 7.34. The second-order valence-corrected chi connectivity index (χ2v) is 6.50. The van der Waals surface area contributed by atoms with Crippen LogP contribution in [0.5, 0.6) is 0 Å². The van der Waals surface area contributed by atoms with E-state index in [1.807, 2.05) is 24.3 Å². The highest BCUT2D eigenvalue weighted by atomic mass is 35.5. The lowest BCUT2D eigenvalue weighted by Gasteiger charge is -2.15. The largest absolute Gasteiger partial charge is 0.305 e. The van der Waals surface area contributed by atoms with E-state index >= 15 is 0 Å². The SMILES string of the molecule is O=C1C[C@H](NCCc2ccc(Cl)cc2)C(=O)N1c1ccc(Cl)cc1. The van der Waals surface area contributed by atoms with Gasteiger partial charge in [0.25, 0.3) is 5.91 Å². The Balaban J connectivity index is 1.59. The predicted molar refractivity (Wildman–Crippen MR) is 95.5 cm³/mol. The number of carbonyl (C=O) groups excluding carboxylic acids is 2. The van der Waals surface area contributed by atoms with Gasteiger partial charge in [0.15, 0.2) is 0 Å². The van der Waals surface area contributed by atoms with Crippen molar-refractivity contribution in [2.24, 2.45) is 0 Å². The molecule has 0 saturated carbocycles. The zero-order valence-electron chi connectivity index (χ0n) is 12.8. The van der Waals surface area contributed by atoms with Gasteiger partial charge in [0.05, 0.1) is 18.2 Å². The summed E-state index contributed by atoms with van der Waals surface area (Å²) < 4.78 is 0. The van der Waals surface area contributed by atoms with Crippen molar-refractivity contribution in [1.82, 2.24) is 5.32 Å². The third-order valence-electron chi connectivity index (χ3n) is 3.95. The first-order valence-electron chi connectivity index (χ1n) is 7.65. The maximum atomic E-state index is 12.5. The zero-order valence-corrected chi connectivity index (χ0v) is 14.3. The van der Waals surface area contributed by atoms with E-state index in [1.54, 1.807) is 24.3 Å². The molecule has 2 aromatic carbocycles. The molecular formula is C18H16Cl2N2O2. The molecule has 124 valence electrons. The molecule has 0 unspecified atom stereocenters. The van der Waals surface area contributed by atoms with Gasteiger partial charge in [-0.1, -0.05) is 35.3 Å². The predicted octanol–water partition coefficient (Wildman–Crippen LogP) is 3.46. The summed E-state index contributed by atoms with van der Waals surface area (Å²) in [5.74, 6) is -0.426. The highest BCUT2D eigenvalue weighted by molar-refractivity contribution is 6.31. The number of nitrogens with zero attached hydrogens (tertiary/aromatic N) is 1. The minimum absolute atomic E-state index is 0.169. The Bertz CT molecular complexity index is 745. The normalized spacial score (nSPS) is 17.6. The van der Waals surface area contributed by atoms with Crippen LogP contribution in [-0.4, -0.2) is 24.4 Å². The molecule has 0 aromatic heterocycles. The van der Waals surface area contributed by atoms with Gasteiger partial charge in [0.2, 0.25) is 5.91 Å². The van der Waals surface area contributed by atoms with E-state index in [1.165, 1.54) is 4.90 Å². The molecule has 0 spiro atoms. The second-order valence-electron chi connectivity index (χ2n) is 5.63. The molecule has 0 bridgehead atoms. The molecular weight excluding hydrogens is 347 g/mol. The third kappa shape index (κ3) is 3.78. The van der Waals surface area contributed by atoms with E-state index < -0.39 is 6.04 Å². The Morgan fingerprint density at radius 2 is 1.54 bits per heavy atom. The lowest BCUT2D eigenvalue weighted by molar-refractivity contribution is -0.121. The lowest BCUT2D eigenvalue weighted by Crippen LogP contribution is -2.39. The lowest BCUT2D eigenvalue weighted by atomic mass is 10.1. The average molecular weight is 363 g/mol. The minimum atomic E-state index is -0.486. The van der Waals surface area contributed by atoms with Gasteiger partial charge in [0.1, 0.15) is 0 Å². The summed E-state index contributed by atoms with van der Waals surface area (Å²) in [5.41, 5.74) is 1.68. The third-order valence-corrected chi connectivity index (χ3v) is 4.45. The van der Waals surface area contributed by atoms with Crippen molar-refractivity contribution in [2.45, 2.75) is 18.9 Å². The summed E-state index contributed by atoms with van der Waals surface area (Å²) >= 11 is 11.7. The summed E-state index contributed by atoms with van der Waals surface area (Å²) in [6.07, 6.45) is 0.929. The first-order chi connectivity index (χ1) is 11.5. The van der Waals surface area contributed by atoms with Gasteiger partial charge in [-0.15, -0.1) is 0 Å². The number of nitrogens with one attached hydrogen (secondary N) is 1. The van der Waals surface area contributed by atoms with Crippen LogP contribution in [0, 0.1) is 0 Å². The molecule has 1 aliphatic rings. The van der Waals surface area contributed by atoms with Crippen LogP contribution >= 0.6 is 23.2 Å². The highest BCUT2D eigenvalue weighted by Crippen LogP contribution is 2.24. The van der Waals surface area contributed by atoms with Crippen molar-refractivity contribution in [2.75, 3.05) is 11.4 Å². The molecule has 1 fully saturated rings. The summed E-state index contributed by atoms with van der Waals surface area (Å²) in [6, 6.07) is 13.8. The molecule has 1 atom stereocenters. The van der Waals surface area contributed by atoms with Crippen molar-refractivity contribution >= 4 is 40.7 Å². The summed E-state index contributed by atoms with van der Waals surface area (Å²) in [4.78, 5) is 25.9. The van der Waals surface area contributed by atoms with Crippen molar-refractivity contribution in [3.05, 3.63) is 64.1 Å². The van der Waals surface area contributed by atoms with Crippen LogP contribution in [0.25, 0.3) is 0 Å². The van der Waals surface area contributed by atoms with Crippen molar-refractivity contribution < 1.29 is 9.59 Å². The molecule has 24 heavy (non-hydrogen) atoms. The van der Waals surface area contributed by atoms with Gasteiger partial charge in [0, 0.05) is 10.0 Å². The number of rotatable bonds is 5. The van der Waals surface area contributed by atoms with E-state index in [2.05, 4.69) is 5.32 Å². The Labute approximate surface area is 150 Å². The molecule has 3 rings (SSSR count). The number of benzene rings is 2. The van der Waals surface area contributed by atoms with Gasteiger partial charge < -0.3 is 5.32 Å². The van der Waals surface area contributed by atoms with E-state index in [4.69, 9.17) is 23.2 Å². The Kier molecular flexibility index (Phi) is 5.19. The summed E-state index contributed by atoms with van der Waals surface area (Å²) in [7, 11) is 0. The zero-order chi connectivity index (χ0) is 17.1. The Morgan fingerprint density at radius 3 is 2.17 bits per heavy atom. The fourth-order valence-electron chi connectivity index (χ4n) is 2.69. The van der Waals surface area contributed by atoms with Crippen LogP contribution in [0.3, 0.4) is 0 Å². The van der Waals surface area contributed by atoms with Gasteiger partial charge in [-0.05, 0) is 54.9 Å². The molecule has 1 N–H and O–H groups in total. The molecule has 2 amide bonds. The number of anilines is 1. The highest BCUT2D eigenvalue weighted by Gasteiger charge is 2.39. The summed E-state index contributed by atoms with van der Waals surface area (Å²) in [5, 5.41) is 4.43. The summed E-state index contributed by atoms with van der Waals surface area (Å²) in [6.45, 7) is 0.611. The minimum Gasteiger partial charge on any atom is -0.305 e.